The standard InChI is InChI=1S/C15H21BrN2OS/c1-17-13-6-9-18(10-7-13)15(19)8-11-20-14-4-2-12(16)3-5-14/h2-5,13,17H,6-11H2,1H3. The molecule has 5 heteroatoms. The van der Waals surface area contributed by atoms with Gasteiger partial charge >= 0.3 is 0 Å². The van der Waals surface area contributed by atoms with Gasteiger partial charge in [-0.1, -0.05) is 15.9 Å². The third-order valence-electron chi connectivity index (χ3n) is 3.65. The fraction of sp³-hybridized carbons (Fsp3) is 0.533. The smallest absolute Gasteiger partial charge is 0.223 e. The van der Waals surface area contributed by atoms with Crippen molar-refractivity contribution in [1.29, 1.82) is 0 Å². The number of nitrogens with one attached hydrogen (secondary N) is 1. The van der Waals surface area contributed by atoms with Crippen molar-refractivity contribution in [2.45, 2.75) is 30.2 Å². The predicted molar refractivity (Wildman–Crippen MR) is 88.1 cm³/mol. The fourth-order valence-corrected chi connectivity index (χ4v) is 3.47. The molecule has 0 atom stereocenters. The number of piperidine rings is 1. The highest BCUT2D eigenvalue weighted by atomic mass is 79.9. The van der Waals surface area contributed by atoms with Crippen molar-refractivity contribution >= 4 is 33.6 Å². The first-order valence-corrected chi connectivity index (χ1v) is 8.80. The van der Waals surface area contributed by atoms with Crippen molar-refractivity contribution in [3.63, 3.8) is 0 Å². The van der Waals surface area contributed by atoms with Gasteiger partial charge in [-0.2, -0.15) is 0 Å². The van der Waals surface area contributed by atoms with Crippen LogP contribution in [-0.4, -0.2) is 42.7 Å². The van der Waals surface area contributed by atoms with Gasteiger partial charge in [0.25, 0.3) is 0 Å². The lowest BCUT2D eigenvalue weighted by atomic mass is 10.1. The van der Waals surface area contributed by atoms with Gasteiger partial charge in [-0.25, -0.2) is 0 Å². The van der Waals surface area contributed by atoms with Crippen LogP contribution in [-0.2, 0) is 4.79 Å². The summed E-state index contributed by atoms with van der Waals surface area (Å²) < 4.78 is 1.09. The third-order valence-corrected chi connectivity index (χ3v) is 5.20. The van der Waals surface area contributed by atoms with Crippen LogP contribution in [0.25, 0.3) is 0 Å². The van der Waals surface area contributed by atoms with Gasteiger partial charge in [0.05, 0.1) is 0 Å². The maximum absolute atomic E-state index is 12.1. The lowest BCUT2D eigenvalue weighted by Crippen LogP contribution is -2.44. The zero-order chi connectivity index (χ0) is 14.4. The number of benzene rings is 1. The molecule has 0 spiro atoms. The van der Waals surface area contributed by atoms with Gasteiger partial charge in [-0.15, -0.1) is 11.8 Å². The zero-order valence-electron chi connectivity index (χ0n) is 11.8. The molecule has 1 saturated heterocycles. The summed E-state index contributed by atoms with van der Waals surface area (Å²) in [6, 6.07) is 8.81. The van der Waals surface area contributed by atoms with Crippen molar-refractivity contribution < 1.29 is 4.79 Å². The molecule has 0 bridgehead atoms. The number of hydrogen-bond donors (Lipinski definition) is 1. The van der Waals surface area contributed by atoms with Crippen LogP contribution in [0.15, 0.2) is 33.6 Å². The highest BCUT2D eigenvalue weighted by Crippen LogP contribution is 2.21. The molecule has 2 rings (SSSR count). The minimum Gasteiger partial charge on any atom is -0.343 e. The van der Waals surface area contributed by atoms with Gasteiger partial charge in [-0.05, 0) is 44.2 Å². The van der Waals surface area contributed by atoms with E-state index in [4.69, 9.17) is 0 Å². The molecule has 1 heterocycles. The Hall–Kier alpha value is -0.520. The molecule has 0 radical (unpaired) electrons. The second-order valence-corrected chi connectivity index (χ2v) is 7.08. The van der Waals surface area contributed by atoms with E-state index in [1.54, 1.807) is 11.8 Å². The molecule has 1 N–H and O–H groups in total. The number of nitrogens with zero attached hydrogens (tertiary/aromatic N) is 1. The molecule has 110 valence electrons. The van der Waals surface area contributed by atoms with Crippen LogP contribution in [0, 0.1) is 0 Å². The summed E-state index contributed by atoms with van der Waals surface area (Å²) in [4.78, 5) is 15.3. The topological polar surface area (TPSA) is 32.3 Å². The molecular formula is C15H21BrN2OS. The van der Waals surface area contributed by atoms with E-state index in [0.717, 1.165) is 36.2 Å². The lowest BCUT2D eigenvalue weighted by Gasteiger charge is -2.31. The van der Waals surface area contributed by atoms with Crippen LogP contribution in [0.3, 0.4) is 0 Å². The number of thioether (sulfide) groups is 1. The SMILES string of the molecule is CNC1CCN(C(=O)CCSc2ccc(Br)cc2)CC1. The minimum absolute atomic E-state index is 0.296. The molecule has 1 aromatic rings. The summed E-state index contributed by atoms with van der Waals surface area (Å²) in [6.45, 7) is 1.79. The van der Waals surface area contributed by atoms with E-state index < -0.39 is 0 Å². The van der Waals surface area contributed by atoms with Crippen molar-refractivity contribution in [2.75, 3.05) is 25.9 Å². The Kier molecular flexibility index (Phi) is 6.39. The van der Waals surface area contributed by atoms with Gasteiger partial charge in [0.2, 0.25) is 5.91 Å². The molecule has 1 aliphatic rings. The molecule has 1 amide bonds. The van der Waals surface area contributed by atoms with Crippen molar-refractivity contribution in [2.24, 2.45) is 0 Å². The Morgan fingerprint density at radius 2 is 2.00 bits per heavy atom. The largest absolute Gasteiger partial charge is 0.343 e. The fourth-order valence-electron chi connectivity index (χ4n) is 2.36. The molecule has 20 heavy (non-hydrogen) atoms. The van der Waals surface area contributed by atoms with E-state index in [9.17, 15) is 4.79 Å². The zero-order valence-corrected chi connectivity index (χ0v) is 14.2. The van der Waals surface area contributed by atoms with E-state index in [1.165, 1.54) is 4.90 Å². The van der Waals surface area contributed by atoms with Crippen molar-refractivity contribution in [3.05, 3.63) is 28.7 Å². The second-order valence-electron chi connectivity index (χ2n) is 5.00. The predicted octanol–water partition coefficient (Wildman–Crippen LogP) is 3.14. The van der Waals surface area contributed by atoms with E-state index in [0.29, 0.717) is 18.4 Å². The Bertz CT molecular complexity index is 430. The second kappa shape index (κ2) is 8.05. The quantitative estimate of drug-likeness (QED) is 0.822. The van der Waals surface area contributed by atoms with Gasteiger partial charge in [0.15, 0.2) is 0 Å². The van der Waals surface area contributed by atoms with Crippen LogP contribution in [0.5, 0.6) is 0 Å². The number of carbonyl (C=O) groups is 1. The van der Waals surface area contributed by atoms with Crippen molar-refractivity contribution in [1.82, 2.24) is 10.2 Å². The third kappa shape index (κ3) is 4.79. The number of carbonyl (C=O) groups excluding carboxylic acids is 1. The molecule has 1 aliphatic heterocycles. The number of rotatable bonds is 5. The van der Waals surface area contributed by atoms with Gasteiger partial charge in [-0.3, -0.25) is 4.79 Å². The van der Waals surface area contributed by atoms with Crippen LogP contribution in [0.1, 0.15) is 19.3 Å². The number of hydrogen-bond acceptors (Lipinski definition) is 3. The Balaban J connectivity index is 1.69. The van der Waals surface area contributed by atoms with E-state index in [-0.39, 0.29) is 0 Å². The lowest BCUT2D eigenvalue weighted by molar-refractivity contribution is -0.131. The molecule has 0 saturated carbocycles. The summed E-state index contributed by atoms with van der Waals surface area (Å²) in [5.74, 6) is 1.15. The summed E-state index contributed by atoms with van der Waals surface area (Å²) in [6.07, 6.45) is 2.77. The summed E-state index contributed by atoms with van der Waals surface area (Å²) in [7, 11) is 2.00. The number of amides is 1. The maximum Gasteiger partial charge on any atom is 0.223 e. The van der Waals surface area contributed by atoms with E-state index in [1.807, 2.05) is 24.1 Å². The Morgan fingerprint density at radius 3 is 2.60 bits per heavy atom. The highest BCUT2D eigenvalue weighted by molar-refractivity contribution is 9.10. The molecular weight excluding hydrogens is 336 g/mol. The maximum atomic E-state index is 12.1. The summed E-state index contributed by atoms with van der Waals surface area (Å²) >= 11 is 5.17. The number of halogens is 1. The average Bonchev–Trinajstić information content (AvgIpc) is 2.49. The monoisotopic (exact) mass is 356 g/mol. The normalized spacial score (nSPS) is 16.4. The molecule has 1 fully saturated rings. The van der Waals surface area contributed by atoms with Gasteiger partial charge < -0.3 is 10.2 Å². The molecule has 3 nitrogen and oxygen atoms in total. The highest BCUT2D eigenvalue weighted by Gasteiger charge is 2.21. The summed E-state index contributed by atoms with van der Waals surface area (Å²) in [5, 5.41) is 3.29. The Morgan fingerprint density at radius 1 is 1.35 bits per heavy atom. The minimum atomic E-state index is 0.296. The molecule has 0 unspecified atom stereocenters. The summed E-state index contributed by atoms with van der Waals surface area (Å²) in [5.41, 5.74) is 0. The Labute approximate surface area is 133 Å². The van der Waals surface area contributed by atoms with Crippen LogP contribution in [0.4, 0.5) is 0 Å². The molecule has 0 aromatic heterocycles. The van der Waals surface area contributed by atoms with Crippen LogP contribution in [0.2, 0.25) is 0 Å². The van der Waals surface area contributed by atoms with Gasteiger partial charge in [0, 0.05) is 40.7 Å². The number of likely N-dealkylation sites (tertiary alicyclic amines) is 1. The van der Waals surface area contributed by atoms with Gasteiger partial charge in [0.1, 0.15) is 0 Å². The van der Waals surface area contributed by atoms with Crippen molar-refractivity contribution in [3.8, 4) is 0 Å². The first kappa shape index (κ1) is 15.9. The van der Waals surface area contributed by atoms with Crippen LogP contribution < -0.4 is 5.32 Å². The van der Waals surface area contributed by atoms with E-state index >= 15 is 0 Å². The average molecular weight is 357 g/mol. The molecule has 1 aromatic carbocycles. The molecule has 0 aliphatic carbocycles. The van der Waals surface area contributed by atoms with E-state index in [2.05, 4.69) is 33.4 Å². The first-order chi connectivity index (χ1) is 9.69. The first-order valence-electron chi connectivity index (χ1n) is 7.02. The van der Waals surface area contributed by atoms with Crippen LogP contribution >= 0.6 is 27.7 Å².